The van der Waals surface area contributed by atoms with Crippen molar-refractivity contribution in [3.63, 3.8) is 0 Å². The van der Waals surface area contributed by atoms with Crippen LogP contribution in [0.25, 0.3) is 0 Å². The van der Waals surface area contributed by atoms with Gasteiger partial charge >= 0.3 is 17.2 Å². The third-order valence-electron chi connectivity index (χ3n) is 0. The monoisotopic (exact) mass is 278 g/mol. The maximum Gasteiger partial charge on any atom is 0.324 e. The van der Waals surface area contributed by atoms with E-state index in [9.17, 15) is 0 Å². The molecule has 0 fully saturated rings. The molecule has 9 heteroatoms. The Balaban J connectivity index is -0.0000000720. The Bertz CT molecular complexity index is 26.5. The molecule has 0 bridgehead atoms. The van der Waals surface area contributed by atoms with Crippen LogP contribution in [-0.4, -0.2) is 29.4 Å². The zero-order valence-corrected chi connectivity index (χ0v) is 10.1. The van der Waals surface area contributed by atoms with Crippen molar-refractivity contribution in [2.24, 2.45) is 0 Å². The number of rotatable bonds is 0. The Morgan fingerprint density at radius 2 is 0.556 bits per heavy atom. The zero-order chi connectivity index (χ0) is 7.15. The quantitative estimate of drug-likeness (QED) is 0.234. The van der Waals surface area contributed by atoms with E-state index in [0.29, 0.717) is 0 Å². The van der Waals surface area contributed by atoms with Gasteiger partial charge < -0.3 is 29.4 Å². The van der Waals surface area contributed by atoms with Crippen molar-refractivity contribution in [3.8, 4) is 0 Å². The van der Waals surface area contributed by atoms with E-state index in [2.05, 4.69) is 0 Å². The Kier molecular flexibility index (Phi) is 22.9. The molecule has 0 aliphatic heterocycles. The van der Waals surface area contributed by atoms with Gasteiger partial charge in [-0.1, -0.05) is 0 Å². The predicted molar refractivity (Wildman–Crippen MR) is 27.2 cm³/mol. The fourth-order valence-electron chi connectivity index (χ4n) is 0. The zero-order valence-electron chi connectivity index (χ0n) is 4.28. The summed E-state index contributed by atoms with van der Waals surface area (Å²) in [6, 6.07) is 0. The van der Waals surface area contributed by atoms with Crippen molar-refractivity contribution in [1.29, 1.82) is 0 Å². The summed E-state index contributed by atoms with van der Waals surface area (Å²) in [5, 5.41) is 0. The second kappa shape index (κ2) is 12.2. The molecule has 0 unspecified atom stereocenters. The van der Waals surface area contributed by atoms with Crippen LogP contribution < -0.4 is 0 Å². The van der Waals surface area contributed by atoms with Gasteiger partial charge in [-0.2, -0.15) is 0 Å². The van der Waals surface area contributed by atoms with Crippen LogP contribution in [0, 0.1) is 0 Å². The Morgan fingerprint density at radius 3 is 0.556 bits per heavy atom. The van der Waals surface area contributed by atoms with Crippen molar-refractivity contribution in [1.82, 2.24) is 0 Å². The van der Waals surface area contributed by atoms with Crippen molar-refractivity contribution in [3.05, 3.63) is 0 Å². The molecule has 0 aliphatic carbocycles. The molecule has 0 saturated heterocycles. The molecule has 6 nitrogen and oxygen atoms in total. The molecular weight excluding hydrogens is 270 g/mol. The standard InChI is InChI=1S/Cd.2H3O3P/c;2*1-4(2)3/h;2*1-3H. The minimum atomic E-state index is -2.62. The molecule has 0 saturated carbocycles. The molecule has 0 aliphatic rings. The first-order valence-electron chi connectivity index (χ1n) is 1.20. The average molecular weight is 276 g/mol. The number of hydrogen-bond donors (Lipinski definition) is 6. The molecule has 0 aromatic heterocycles. The fraction of sp³-hybridized carbons (Fsp3) is 0. The second-order valence-electron chi connectivity index (χ2n) is 0.537. The first kappa shape index (κ1) is 16.9. The van der Waals surface area contributed by atoms with Gasteiger partial charge in [-0.05, 0) is 0 Å². The van der Waals surface area contributed by atoms with Crippen molar-refractivity contribution >= 4 is 17.2 Å². The van der Waals surface area contributed by atoms with Gasteiger partial charge in [0.2, 0.25) is 0 Å². The van der Waals surface area contributed by atoms with E-state index >= 15 is 0 Å². The number of hydrogen-bond acceptors (Lipinski definition) is 6. The normalized spacial score (nSPS) is 8.00. The first-order valence-corrected chi connectivity index (χ1v) is 3.60. The van der Waals surface area contributed by atoms with E-state index in [4.69, 9.17) is 29.4 Å². The van der Waals surface area contributed by atoms with Crippen LogP contribution in [0.2, 0.25) is 0 Å². The molecule has 0 aromatic rings. The van der Waals surface area contributed by atoms with Gasteiger partial charge in [0.1, 0.15) is 0 Å². The van der Waals surface area contributed by atoms with Gasteiger partial charge in [-0.3, -0.25) is 0 Å². The van der Waals surface area contributed by atoms with Crippen LogP contribution >= 0.6 is 17.2 Å². The van der Waals surface area contributed by atoms with Gasteiger partial charge in [-0.15, -0.1) is 0 Å². The molecule has 9 heavy (non-hydrogen) atoms. The molecule has 0 rings (SSSR count). The van der Waals surface area contributed by atoms with E-state index < -0.39 is 17.2 Å². The van der Waals surface area contributed by atoms with Crippen LogP contribution in [-0.2, 0) is 27.3 Å². The predicted octanol–water partition coefficient (Wildman–Crippen LogP) is -1.62. The molecule has 54 valence electrons. The summed E-state index contributed by atoms with van der Waals surface area (Å²) < 4.78 is 0. The summed E-state index contributed by atoms with van der Waals surface area (Å²) >= 11 is 0. The Morgan fingerprint density at radius 1 is 0.556 bits per heavy atom. The van der Waals surface area contributed by atoms with Crippen LogP contribution in [0.15, 0.2) is 0 Å². The maximum absolute atomic E-state index is 7.23. The Labute approximate surface area is 73.9 Å². The third kappa shape index (κ3) is 228. The largest absolute Gasteiger partial charge is 0.328 e. The second-order valence-corrected chi connectivity index (χ2v) is 1.61. The van der Waals surface area contributed by atoms with Crippen LogP contribution in [0.5, 0.6) is 0 Å². The van der Waals surface area contributed by atoms with Gasteiger partial charge in [0.25, 0.3) is 0 Å². The summed E-state index contributed by atoms with van der Waals surface area (Å²) in [6.07, 6.45) is 0. The van der Waals surface area contributed by atoms with Crippen LogP contribution in [0.4, 0.5) is 0 Å². The smallest absolute Gasteiger partial charge is 0.324 e. The topological polar surface area (TPSA) is 121 Å². The molecule has 0 heterocycles. The molecule has 6 N–H and O–H groups in total. The molecular formula is H6CdO6P2. The molecule has 0 atom stereocenters. The van der Waals surface area contributed by atoms with Crippen molar-refractivity contribution < 1.29 is 56.7 Å². The third-order valence-corrected chi connectivity index (χ3v) is 0. The van der Waals surface area contributed by atoms with Crippen LogP contribution in [0.3, 0.4) is 0 Å². The minimum absolute atomic E-state index is 0. The summed E-state index contributed by atoms with van der Waals surface area (Å²) in [5.41, 5.74) is 0. The molecule has 0 aromatic carbocycles. The summed E-state index contributed by atoms with van der Waals surface area (Å²) in [7, 11) is -5.24. The summed E-state index contributed by atoms with van der Waals surface area (Å²) in [4.78, 5) is 43.4. The van der Waals surface area contributed by atoms with Crippen LogP contribution in [0.1, 0.15) is 0 Å². The minimum Gasteiger partial charge on any atom is -0.328 e. The average Bonchev–Trinajstić information content (AvgIpc) is 1.25. The van der Waals surface area contributed by atoms with Gasteiger partial charge in [0.15, 0.2) is 0 Å². The first-order chi connectivity index (χ1) is 3.46. The van der Waals surface area contributed by atoms with Gasteiger partial charge in [-0.25, -0.2) is 0 Å². The molecule has 0 radical (unpaired) electrons. The molecule has 0 spiro atoms. The van der Waals surface area contributed by atoms with E-state index in [0.717, 1.165) is 0 Å². The van der Waals surface area contributed by atoms with E-state index in [-0.39, 0.29) is 27.3 Å². The van der Waals surface area contributed by atoms with Gasteiger partial charge in [0, 0.05) is 27.3 Å². The summed E-state index contributed by atoms with van der Waals surface area (Å²) in [6.45, 7) is 0. The molecule has 0 amide bonds. The Hall–Kier alpha value is 1.54. The fourth-order valence-corrected chi connectivity index (χ4v) is 0. The van der Waals surface area contributed by atoms with E-state index in [1.165, 1.54) is 0 Å². The summed E-state index contributed by atoms with van der Waals surface area (Å²) in [5.74, 6) is 0. The SMILES string of the molecule is OP(O)O.OP(O)O.[Cd]. The van der Waals surface area contributed by atoms with Crippen molar-refractivity contribution in [2.75, 3.05) is 0 Å². The maximum atomic E-state index is 7.23. The van der Waals surface area contributed by atoms with Gasteiger partial charge in [0.05, 0.1) is 0 Å². The van der Waals surface area contributed by atoms with E-state index in [1.807, 2.05) is 0 Å². The van der Waals surface area contributed by atoms with Crippen molar-refractivity contribution in [2.45, 2.75) is 0 Å². The van der Waals surface area contributed by atoms with E-state index in [1.54, 1.807) is 0 Å².